The van der Waals surface area contributed by atoms with Crippen molar-refractivity contribution in [2.75, 3.05) is 19.0 Å². The maximum Gasteiger partial charge on any atom is 0.242 e. The predicted molar refractivity (Wildman–Crippen MR) is 65.7 cm³/mol. The summed E-state index contributed by atoms with van der Waals surface area (Å²) in [6, 6.07) is 1.29. The average Bonchev–Trinajstić information content (AvgIpc) is 2.57. The highest BCUT2D eigenvalue weighted by Gasteiger charge is 2.14. The summed E-state index contributed by atoms with van der Waals surface area (Å²) in [7, 11) is 3.41. The third kappa shape index (κ3) is 4.16. The number of carbonyl (C=O) groups is 1. The molecule has 1 rings (SSSR count). The van der Waals surface area contributed by atoms with E-state index in [-0.39, 0.29) is 5.91 Å². The van der Waals surface area contributed by atoms with Crippen LogP contribution >= 0.6 is 0 Å². The quantitative estimate of drug-likeness (QED) is 0.706. The van der Waals surface area contributed by atoms with E-state index in [0.29, 0.717) is 18.8 Å². The first kappa shape index (κ1) is 13.7. The molecule has 1 aromatic rings. The van der Waals surface area contributed by atoms with Crippen LogP contribution < -0.4 is 11.1 Å². The molecule has 0 aliphatic rings. The van der Waals surface area contributed by atoms with Gasteiger partial charge < -0.3 is 15.8 Å². The highest BCUT2D eigenvalue weighted by Crippen LogP contribution is 2.08. The van der Waals surface area contributed by atoms with Crippen LogP contribution in [0.2, 0.25) is 0 Å². The van der Waals surface area contributed by atoms with E-state index in [1.807, 2.05) is 6.92 Å². The van der Waals surface area contributed by atoms with Gasteiger partial charge in [0.05, 0.1) is 11.7 Å². The summed E-state index contributed by atoms with van der Waals surface area (Å²) >= 11 is 0. The number of methoxy groups -OCH3 is 1. The molecular formula is C11H20N4O2. The normalized spacial score (nSPS) is 12.5. The Kier molecular flexibility index (Phi) is 5.11. The molecule has 0 saturated heterocycles. The summed E-state index contributed by atoms with van der Waals surface area (Å²) in [5.74, 6) is 0.471. The van der Waals surface area contributed by atoms with E-state index in [4.69, 9.17) is 10.5 Å². The molecule has 0 radical (unpaired) electrons. The molecule has 1 heterocycles. The molecule has 6 heteroatoms. The standard InChI is InChI=1S/C11H20N4O2/c1-8-7-10(15(2)14-8)13-11(16)9(12)5-4-6-17-3/h7,9H,4-6,12H2,1-3H3,(H,13,16). The van der Waals surface area contributed by atoms with Crippen LogP contribution in [-0.2, 0) is 16.6 Å². The van der Waals surface area contributed by atoms with Crippen molar-refractivity contribution in [2.45, 2.75) is 25.8 Å². The number of nitrogens with zero attached hydrogens (tertiary/aromatic N) is 2. The van der Waals surface area contributed by atoms with Crippen LogP contribution in [0.1, 0.15) is 18.5 Å². The third-order valence-electron chi connectivity index (χ3n) is 2.45. The number of aryl methyl sites for hydroxylation is 2. The van der Waals surface area contributed by atoms with E-state index in [9.17, 15) is 4.79 Å². The fourth-order valence-electron chi connectivity index (χ4n) is 1.53. The van der Waals surface area contributed by atoms with E-state index in [2.05, 4.69) is 10.4 Å². The van der Waals surface area contributed by atoms with Crippen LogP contribution in [-0.4, -0.2) is 35.4 Å². The van der Waals surface area contributed by atoms with Gasteiger partial charge in [0.2, 0.25) is 5.91 Å². The van der Waals surface area contributed by atoms with Gasteiger partial charge in [-0.25, -0.2) is 0 Å². The first-order chi connectivity index (χ1) is 8.04. The summed E-state index contributed by atoms with van der Waals surface area (Å²) in [4.78, 5) is 11.8. The molecule has 3 N–H and O–H groups in total. The molecule has 1 amide bonds. The second kappa shape index (κ2) is 6.36. The van der Waals surface area contributed by atoms with Gasteiger partial charge in [-0.2, -0.15) is 5.10 Å². The molecule has 0 bridgehead atoms. The Balaban J connectivity index is 2.45. The lowest BCUT2D eigenvalue weighted by Crippen LogP contribution is -2.36. The number of rotatable bonds is 6. The summed E-state index contributed by atoms with van der Waals surface area (Å²) in [6.07, 6.45) is 1.38. The van der Waals surface area contributed by atoms with Crippen molar-refractivity contribution in [3.05, 3.63) is 11.8 Å². The van der Waals surface area contributed by atoms with Crippen molar-refractivity contribution >= 4 is 11.7 Å². The topological polar surface area (TPSA) is 82.2 Å². The third-order valence-corrected chi connectivity index (χ3v) is 2.45. The molecule has 6 nitrogen and oxygen atoms in total. The van der Waals surface area contributed by atoms with Gasteiger partial charge in [0.25, 0.3) is 0 Å². The predicted octanol–water partition coefficient (Wildman–Crippen LogP) is 0.421. The summed E-state index contributed by atoms with van der Waals surface area (Å²) in [5, 5.41) is 6.89. The molecule has 1 atom stereocenters. The van der Waals surface area contributed by atoms with Crippen LogP contribution in [0.3, 0.4) is 0 Å². The highest BCUT2D eigenvalue weighted by atomic mass is 16.5. The number of hydrogen-bond donors (Lipinski definition) is 2. The lowest BCUT2D eigenvalue weighted by molar-refractivity contribution is -0.117. The number of anilines is 1. The van der Waals surface area contributed by atoms with E-state index < -0.39 is 6.04 Å². The Morgan fingerprint density at radius 1 is 1.71 bits per heavy atom. The number of nitrogens with one attached hydrogen (secondary N) is 1. The molecule has 0 fully saturated rings. The molecule has 0 spiro atoms. The van der Waals surface area contributed by atoms with Gasteiger partial charge in [-0.15, -0.1) is 0 Å². The SMILES string of the molecule is COCCCC(N)C(=O)Nc1cc(C)nn1C. The largest absolute Gasteiger partial charge is 0.385 e. The number of ether oxygens (including phenoxy) is 1. The highest BCUT2D eigenvalue weighted by molar-refractivity contribution is 5.93. The zero-order valence-electron chi connectivity index (χ0n) is 10.6. The maximum absolute atomic E-state index is 11.8. The molecule has 96 valence electrons. The molecule has 1 unspecified atom stereocenters. The summed E-state index contributed by atoms with van der Waals surface area (Å²) in [6.45, 7) is 2.49. The van der Waals surface area contributed by atoms with Gasteiger partial charge in [-0.1, -0.05) is 0 Å². The Morgan fingerprint density at radius 3 is 2.94 bits per heavy atom. The molecule has 0 aliphatic carbocycles. The van der Waals surface area contributed by atoms with Crippen LogP contribution in [0.25, 0.3) is 0 Å². The number of hydrogen-bond acceptors (Lipinski definition) is 4. The van der Waals surface area contributed by atoms with Crippen molar-refractivity contribution in [2.24, 2.45) is 12.8 Å². The monoisotopic (exact) mass is 240 g/mol. The maximum atomic E-state index is 11.8. The number of amides is 1. The van der Waals surface area contributed by atoms with Crippen LogP contribution in [0.5, 0.6) is 0 Å². The molecule has 0 aliphatic heterocycles. The Labute approximate surface area is 101 Å². The minimum Gasteiger partial charge on any atom is -0.385 e. The van der Waals surface area contributed by atoms with Crippen molar-refractivity contribution < 1.29 is 9.53 Å². The Bertz CT molecular complexity index is 376. The van der Waals surface area contributed by atoms with Gasteiger partial charge in [0.15, 0.2) is 0 Å². The lowest BCUT2D eigenvalue weighted by Gasteiger charge is -2.11. The summed E-state index contributed by atoms with van der Waals surface area (Å²) < 4.78 is 6.53. The minimum absolute atomic E-state index is 0.191. The van der Waals surface area contributed by atoms with Gasteiger partial charge in [-0.3, -0.25) is 9.48 Å². The van der Waals surface area contributed by atoms with Gasteiger partial charge in [0.1, 0.15) is 5.82 Å². The van der Waals surface area contributed by atoms with Crippen molar-refractivity contribution in [1.82, 2.24) is 9.78 Å². The van der Waals surface area contributed by atoms with Crippen LogP contribution in [0.15, 0.2) is 6.07 Å². The Morgan fingerprint density at radius 2 is 2.41 bits per heavy atom. The molecule has 17 heavy (non-hydrogen) atoms. The fraction of sp³-hybridized carbons (Fsp3) is 0.636. The van der Waals surface area contributed by atoms with Crippen molar-refractivity contribution in [1.29, 1.82) is 0 Å². The van der Waals surface area contributed by atoms with Gasteiger partial charge >= 0.3 is 0 Å². The summed E-state index contributed by atoms with van der Waals surface area (Å²) in [5.41, 5.74) is 6.62. The number of aromatic nitrogens is 2. The van der Waals surface area contributed by atoms with E-state index in [1.165, 1.54) is 0 Å². The molecule has 0 aromatic carbocycles. The van der Waals surface area contributed by atoms with E-state index in [1.54, 1.807) is 24.9 Å². The zero-order valence-corrected chi connectivity index (χ0v) is 10.6. The van der Waals surface area contributed by atoms with E-state index in [0.717, 1.165) is 12.1 Å². The molecule has 0 saturated carbocycles. The van der Waals surface area contributed by atoms with Crippen LogP contribution in [0.4, 0.5) is 5.82 Å². The Hall–Kier alpha value is -1.40. The second-order valence-electron chi connectivity index (χ2n) is 4.03. The fourth-order valence-corrected chi connectivity index (χ4v) is 1.53. The van der Waals surface area contributed by atoms with Gasteiger partial charge in [0, 0.05) is 26.8 Å². The first-order valence-corrected chi connectivity index (χ1v) is 5.60. The molecule has 1 aromatic heterocycles. The second-order valence-corrected chi connectivity index (χ2v) is 4.03. The van der Waals surface area contributed by atoms with Gasteiger partial charge in [-0.05, 0) is 19.8 Å². The number of nitrogens with two attached hydrogens (primary N) is 1. The molecular weight excluding hydrogens is 220 g/mol. The van der Waals surface area contributed by atoms with Crippen LogP contribution in [0, 0.1) is 6.92 Å². The number of carbonyl (C=O) groups excluding carboxylic acids is 1. The average molecular weight is 240 g/mol. The zero-order chi connectivity index (χ0) is 12.8. The first-order valence-electron chi connectivity index (χ1n) is 5.60. The lowest BCUT2D eigenvalue weighted by atomic mass is 10.1. The van der Waals surface area contributed by atoms with Crippen molar-refractivity contribution in [3.63, 3.8) is 0 Å². The smallest absolute Gasteiger partial charge is 0.242 e. The minimum atomic E-state index is -0.514. The van der Waals surface area contributed by atoms with Crippen molar-refractivity contribution in [3.8, 4) is 0 Å². The van der Waals surface area contributed by atoms with E-state index >= 15 is 0 Å².